The van der Waals surface area contributed by atoms with Crippen LogP contribution in [-0.4, -0.2) is 51.0 Å². The van der Waals surface area contributed by atoms with Crippen LogP contribution in [0.3, 0.4) is 0 Å². The number of aliphatic carboxylic acids is 1. The lowest BCUT2D eigenvalue weighted by atomic mass is 9.79. The van der Waals surface area contributed by atoms with Crippen molar-refractivity contribution in [2.75, 3.05) is 13.1 Å². The van der Waals surface area contributed by atoms with Crippen LogP contribution in [-0.2, 0) is 11.3 Å². The summed E-state index contributed by atoms with van der Waals surface area (Å²) in [5, 5.41) is 12.7. The molecule has 0 saturated carbocycles. The number of aryl methyl sites for hydroxylation is 1. The molecule has 1 fully saturated rings. The normalized spacial score (nSPS) is 17.9. The minimum Gasteiger partial charge on any atom is -0.480 e. The summed E-state index contributed by atoms with van der Waals surface area (Å²) in [6.07, 6.45) is 1.51. The molecule has 7 heteroatoms. The number of carboxylic acids is 1. The highest BCUT2D eigenvalue weighted by Gasteiger charge is 2.42. The van der Waals surface area contributed by atoms with Gasteiger partial charge < -0.3 is 14.9 Å². The fraction of sp³-hybridized carbons (Fsp3) is 0.722. The molecule has 0 spiro atoms. The minimum atomic E-state index is -0.907. The van der Waals surface area contributed by atoms with Crippen molar-refractivity contribution in [1.82, 2.24) is 14.8 Å². The Hall–Kier alpha value is -1.63. The smallest absolute Gasteiger partial charge is 0.326 e. The second kappa shape index (κ2) is 7.72. The molecule has 0 aliphatic carbocycles. The number of carbonyl (C=O) groups is 2. The minimum absolute atomic E-state index is 0.0228. The van der Waals surface area contributed by atoms with Gasteiger partial charge in [0.15, 0.2) is 0 Å². The van der Waals surface area contributed by atoms with Crippen LogP contribution in [0.25, 0.3) is 0 Å². The van der Waals surface area contributed by atoms with Gasteiger partial charge >= 0.3 is 12.0 Å². The van der Waals surface area contributed by atoms with Crippen molar-refractivity contribution in [2.24, 2.45) is 11.3 Å². The summed E-state index contributed by atoms with van der Waals surface area (Å²) in [5.41, 5.74) is 0.890. The van der Waals surface area contributed by atoms with E-state index >= 15 is 0 Å². The number of hydrogen-bond acceptors (Lipinski definition) is 4. The van der Waals surface area contributed by atoms with Gasteiger partial charge in [-0.25, -0.2) is 14.6 Å². The third-order valence-electron chi connectivity index (χ3n) is 4.58. The third kappa shape index (κ3) is 4.93. The van der Waals surface area contributed by atoms with Crippen LogP contribution >= 0.6 is 11.3 Å². The van der Waals surface area contributed by atoms with E-state index in [-0.39, 0.29) is 17.4 Å². The third-order valence-corrected chi connectivity index (χ3v) is 5.40. The SMILES string of the molecule is CC[C@@H](CC(C)(C)C)[C@@H](C(=O)O)N1CCN(Cc2csc(C)n2)C1=O. The van der Waals surface area contributed by atoms with E-state index in [1.807, 2.05) is 19.2 Å². The average molecular weight is 368 g/mol. The van der Waals surface area contributed by atoms with Gasteiger partial charge in [0.05, 0.1) is 17.2 Å². The van der Waals surface area contributed by atoms with Crippen molar-refractivity contribution < 1.29 is 14.7 Å². The zero-order valence-corrected chi connectivity index (χ0v) is 16.6. The zero-order valence-electron chi connectivity index (χ0n) is 15.8. The highest BCUT2D eigenvalue weighted by molar-refractivity contribution is 7.09. The number of urea groups is 1. The summed E-state index contributed by atoms with van der Waals surface area (Å²) < 4.78 is 0. The summed E-state index contributed by atoms with van der Waals surface area (Å²) in [7, 11) is 0. The van der Waals surface area contributed by atoms with Crippen molar-refractivity contribution in [3.05, 3.63) is 16.1 Å². The monoisotopic (exact) mass is 367 g/mol. The molecule has 0 bridgehead atoms. The van der Waals surface area contributed by atoms with Crippen LogP contribution in [0.15, 0.2) is 5.38 Å². The molecule has 2 atom stereocenters. The van der Waals surface area contributed by atoms with Gasteiger partial charge in [0.2, 0.25) is 0 Å². The second-order valence-corrected chi connectivity index (χ2v) is 9.03. The van der Waals surface area contributed by atoms with E-state index in [2.05, 4.69) is 25.8 Å². The van der Waals surface area contributed by atoms with Crippen LogP contribution in [0.5, 0.6) is 0 Å². The Morgan fingerprint density at radius 3 is 2.56 bits per heavy atom. The number of thiazole rings is 1. The number of carbonyl (C=O) groups excluding carboxylic acids is 1. The molecule has 25 heavy (non-hydrogen) atoms. The molecule has 140 valence electrons. The average Bonchev–Trinajstić information content (AvgIpc) is 3.05. The van der Waals surface area contributed by atoms with Gasteiger partial charge in [-0.3, -0.25) is 0 Å². The number of hydrogen-bond donors (Lipinski definition) is 1. The van der Waals surface area contributed by atoms with Crippen LogP contribution in [0, 0.1) is 18.3 Å². The first kappa shape index (κ1) is 19.7. The molecule has 2 rings (SSSR count). The standard InChI is InChI=1S/C18H29N3O3S/c1-6-13(9-18(3,4)5)15(16(22)23)21-8-7-20(17(21)24)10-14-11-25-12(2)19-14/h11,13,15H,6-10H2,1-5H3,(H,22,23)/t13-,15-/m0/s1. The summed E-state index contributed by atoms with van der Waals surface area (Å²) in [6.45, 7) is 11.7. The van der Waals surface area contributed by atoms with Crippen molar-refractivity contribution in [2.45, 2.75) is 60.0 Å². The number of rotatable bonds is 7. The van der Waals surface area contributed by atoms with Crippen molar-refractivity contribution in [1.29, 1.82) is 0 Å². The first-order valence-corrected chi connectivity index (χ1v) is 9.69. The zero-order chi connectivity index (χ0) is 18.8. The van der Waals surface area contributed by atoms with Crippen LogP contribution in [0.2, 0.25) is 0 Å². The first-order chi connectivity index (χ1) is 11.6. The fourth-order valence-corrected chi connectivity index (χ4v) is 4.14. The van der Waals surface area contributed by atoms with Crippen molar-refractivity contribution in [3.8, 4) is 0 Å². The quantitative estimate of drug-likeness (QED) is 0.799. The predicted molar refractivity (Wildman–Crippen MR) is 98.6 cm³/mol. The molecule has 1 N–H and O–H groups in total. The lowest BCUT2D eigenvalue weighted by Crippen LogP contribution is -2.48. The second-order valence-electron chi connectivity index (χ2n) is 7.97. The number of nitrogens with zero attached hydrogens (tertiary/aromatic N) is 3. The largest absolute Gasteiger partial charge is 0.480 e. The molecule has 1 aromatic heterocycles. The summed E-state index contributed by atoms with van der Waals surface area (Å²) in [5.74, 6) is -0.960. The van der Waals surface area contributed by atoms with E-state index in [4.69, 9.17) is 0 Å². The van der Waals surface area contributed by atoms with E-state index in [0.29, 0.717) is 19.6 Å². The van der Waals surface area contributed by atoms with Gasteiger partial charge in [-0.2, -0.15) is 0 Å². The molecule has 0 radical (unpaired) electrons. The molecule has 1 aliphatic heterocycles. The van der Waals surface area contributed by atoms with E-state index in [1.165, 1.54) is 0 Å². The number of carboxylic acid groups (broad SMARTS) is 1. The van der Waals surface area contributed by atoms with E-state index < -0.39 is 12.0 Å². The molecule has 1 aromatic rings. The van der Waals surface area contributed by atoms with E-state index in [0.717, 1.165) is 23.5 Å². The van der Waals surface area contributed by atoms with Gasteiger partial charge in [-0.1, -0.05) is 34.1 Å². The van der Waals surface area contributed by atoms with E-state index in [1.54, 1.807) is 21.1 Å². The predicted octanol–water partition coefficient (Wildman–Crippen LogP) is 3.60. The Morgan fingerprint density at radius 1 is 1.40 bits per heavy atom. The Kier molecular flexibility index (Phi) is 6.08. The van der Waals surface area contributed by atoms with Crippen LogP contribution in [0.1, 0.15) is 51.2 Å². The van der Waals surface area contributed by atoms with Crippen molar-refractivity contribution in [3.63, 3.8) is 0 Å². The van der Waals surface area contributed by atoms with Gasteiger partial charge in [0, 0.05) is 18.5 Å². The molecule has 6 nitrogen and oxygen atoms in total. The Bertz CT molecular complexity index is 623. The Balaban J connectivity index is 2.13. The Morgan fingerprint density at radius 2 is 2.08 bits per heavy atom. The van der Waals surface area contributed by atoms with Gasteiger partial charge in [-0.05, 0) is 24.7 Å². The Labute approximate surface area is 153 Å². The number of aromatic nitrogens is 1. The van der Waals surface area contributed by atoms with Gasteiger partial charge in [0.25, 0.3) is 0 Å². The molecule has 2 amide bonds. The summed E-state index contributed by atoms with van der Waals surface area (Å²) >= 11 is 1.56. The molecule has 0 unspecified atom stereocenters. The lowest BCUT2D eigenvalue weighted by molar-refractivity contribution is -0.144. The lowest BCUT2D eigenvalue weighted by Gasteiger charge is -2.34. The van der Waals surface area contributed by atoms with Crippen molar-refractivity contribution >= 4 is 23.3 Å². The molecule has 0 aromatic carbocycles. The summed E-state index contributed by atoms with van der Waals surface area (Å²) in [4.78, 5) is 32.4. The van der Waals surface area contributed by atoms with Crippen LogP contribution < -0.4 is 0 Å². The molecule has 2 heterocycles. The highest BCUT2D eigenvalue weighted by Crippen LogP contribution is 2.32. The van der Waals surface area contributed by atoms with Gasteiger partial charge in [-0.15, -0.1) is 11.3 Å². The molecular formula is C18H29N3O3S. The molecule has 1 aliphatic rings. The highest BCUT2D eigenvalue weighted by atomic mass is 32.1. The maximum absolute atomic E-state index is 12.8. The number of amides is 2. The topological polar surface area (TPSA) is 73.7 Å². The molecular weight excluding hydrogens is 338 g/mol. The van der Waals surface area contributed by atoms with Crippen LogP contribution in [0.4, 0.5) is 4.79 Å². The van der Waals surface area contributed by atoms with Gasteiger partial charge in [0.1, 0.15) is 6.04 Å². The summed E-state index contributed by atoms with van der Waals surface area (Å²) in [6, 6.07) is -0.954. The maximum Gasteiger partial charge on any atom is 0.326 e. The molecule has 1 saturated heterocycles. The fourth-order valence-electron chi connectivity index (χ4n) is 3.54. The first-order valence-electron chi connectivity index (χ1n) is 8.81. The maximum atomic E-state index is 12.8. The van der Waals surface area contributed by atoms with E-state index in [9.17, 15) is 14.7 Å².